The summed E-state index contributed by atoms with van der Waals surface area (Å²) in [7, 11) is 1.65. The third-order valence-corrected chi connectivity index (χ3v) is 10.6. The number of halogens is 1. The van der Waals surface area contributed by atoms with Crippen molar-refractivity contribution < 1.29 is 37.9 Å². The molecule has 2 aliphatic rings. The summed E-state index contributed by atoms with van der Waals surface area (Å²) < 4.78 is 49.4. The molecule has 60 heavy (non-hydrogen) atoms. The molecule has 1 aromatic carbocycles. The summed E-state index contributed by atoms with van der Waals surface area (Å²) in [5.74, 6) is 1.50. The van der Waals surface area contributed by atoms with Gasteiger partial charge in [0.1, 0.15) is 30.2 Å². The zero-order valence-corrected chi connectivity index (χ0v) is 36.2. The minimum absolute atomic E-state index is 0.182. The quantitative estimate of drug-likeness (QED) is 0.0746. The summed E-state index contributed by atoms with van der Waals surface area (Å²) in [5.41, 5.74) is 2.40. The van der Waals surface area contributed by atoms with Crippen molar-refractivity contribution in [2.24, 2.45) is 0 Å². The van der Waals surface area contributed by atoms with Gasteiger partial charge < -0.3 is 43.2 Å². The van der Waals surface area contributed by atoms with E-state index < -0.39 is 0 Å². The fourth-order valence-corrected chi connectivity index (χ4v) is 7.63. The molecule has 330 valence electrons. The number of rotatable bonds is 26. The minimum Gasteiger partial charge on any atom is -0.487 e. The molecule has 17 nitrogen and oxygen atoms in total. The second-order valence-corrected chi connectivity index (χ2v) is 15.7. The molecule has 1 aliphatic carbocycles. The van der Waals surface area contributed by atoms with Gasteiger partial charge in [-0.1, -0.05) is 17.7 Å². The highest BCUT2D eigenvalue weighted by Crippen LogP contribution is 2.36. The van der Waals surface area contributed by atoms with Crippen LogP contribution in [0.25, 0.3) is 11.1 Å². The second kappa shape index (κ2) is 24.5. The van der Waals surface area contributed by atoms with Gasteiger partial charge in [0, 0.05) is 57.2 Å². The molecule has 1 saturated heterocycles. The topological polar surface area (TPSA) is 163 Å². The fourth-order valence-electron chi connectivity index (χ4n) is 7.47. The van der Waals surface area contributed by atoms with Crippen LogP contribution >= 0.6 is 11.6 Å². The Balaban J connectivity index is 1.00. The van der Waals surface area contributed by atoms with E-state index in [1.165, 1.54) is 6.33 Å². The third kappa shape index (κ3) is 14.6. The van der Waals surface area contributed by atoms with E-state index in [9.17, 15) is 0 Å². The number of methoxy groups -OCH3 is 1. The second-order valence-electron chi connectivity index (χ2n) is 15.3. The molecule has 4 aromatic rings. The van der Waals surface area contributed by atoms with Gasteiger partial charge in [0.15, 0.2) is 0 Å². The van der Waals surface area contributed by atoms with E-state index in [0.29, 0.717) is 113 Å². The number of anilines is 2. The maximum Gasteiger partial charge on any atom is 0.256 e. The summed E-state index contributed by atoms with van der Waals surface area (Å²) in [6.45, 7) is 14.0. The molecule has 6 rings (SSSR count). The van der Waals surface area contributed by atoms with E-state index in [2.05, 4.69) is 48.8 Å². The minimum atomic E-state index is -0.182. The number of hydrogen-bond acceptors (Lipinski definition) is 15. The van der Waals surface area contributed by atoms with Crippen LogP contribution in [0.15, 0.2) is 49.4 Å². The van der Waals surface area contributed by atoms with Crippen LogP contribution in [0.2, 0.25) is 5.02 Å². The third-order valence-electron chi connectivity index (χ3n) is 10.3. The van der Waals surface area contributed by atoms with Gasteiger partial charge in [0.2, 0.25) is 5.95 Å². The van der Waals surface area contributed by atoms with Crippen LogP contribution in [-0.4, -0.2) is 150 Å². The van der Waals surface area contributed by atoms with Gasteiger partial charge in [-0.05, 0) is 64.2 Å². The average molecular weight is 856 g/mol. The van der Waals surface area contributed by atoms with Gasteiger partial charge in [-0.25, -0.2) is 19.6 Å². The van der Waals surface area contributed by atoms with E-state index in [-0.39, 0.29) is 24.4 Å². The van der Waals surface area contributed by atoms with Crippen LogP contribution in [0.3, 0.4) is 0 Å². The number of ether oxygens (including phenoxy) is 8. The first kappa shape index (κ1) is 45.6. The predicted octanol–water partition coefficient (Wildman–Crippen LogP) is 5.87. The summed E-state index contributed by atoms with van der Waals surface area (Å²) in [4.78, 5) is 15.9. The van der Waals surface area contributed by atoms with Crippen LogP contribution in [0.5, 0.6) is 11.6 Å². The average Bonchev–Trinajstić information content (AvgIpc) is 3.91. The first-order chi connectivity index (χ1) is 29.3. The van der Waals surface area contributed by atoms with Gasteiger partial charge in [-0.3, -0.25) is 9.58 Å². The predicted molar refractivity (Wildman–Crippen MR) is 226 cm³/mol. The Morgan fingerprint density at radius 2 is 1.48 bits per heavy atom. The molecule has 1 aliphatic heterocycles. The Bertz CT molecular complexity index is 1790. The lowest BCUT2D eigenvalue weighted by molar-refractivity contribution is -0.0852. The number of nitrogens with zero attached hydrogens (tertiary/aromatic N) is 8. The van der Waals surface area contributed by atoms with Gasteiger partial charge >= 0.3 is 0 Å². The monoisotopic (exact) mass is 855 g/mol. The molecule has 0 unspecified atom stereocenters. The van der Waals surface area contributed by atoms with Crippen molar-refractivity contribution >= 4 is 23.2 Å². The van der Waals surface area contributed by atoms with E-state index in [1.54, 1.807) is 30.5 Å². The van der Waals surface area contributed by atoms with Crippen LogP contribution in [0.1, 0.15) is 58.9 Å². The summed E-state index contributed by atoms with van der Waals surface area (Å²) in [5, 5.41) is 13.0. The highest BCUT2D eigenvalue weighted by molar-refractivity contribution is 6.32. The van der Waals surface area contributed by atoms with Crippen LogP contribution < -0.4 is 14.8 Å². The zero-order chi connectivity index (χ0) is 41.9. The van der Waals surface area contributed by atoms with Gasteiger partial charge in [0.25, 0.3) is 5.88 Å². The van der Waals surface area contributed by atoms with E-state index in [4.69, 9.17) is 54.6 Å². The molecule has 0 bridgehead atoms. The molecule has 2 fully saturated rings. The van der Waals surface area contributed by atoms with Crippen molar-refractivity contribution in [3.05, 3.63) is 54.5 Å². The van der Waals surface area contributed by atoms with Crippen LogP contribution in [-0.2, 0) is 35.0 Å². The van der Waals surface area contributed by atoms with Crippen molar-refractivity contribution in [2.45, 2.75) is 89.8 Å². The SMILES string of the molecule is COCCOCCOCCOCCOCCCOc1nn(C2CCC(N3C[C@@H](C)O[C@@H](C)C3)CC2)cc1Nc1ncc(-c2ccc(Cl)c(O[C@@H](C)Cn3cncn3)c2)cn1. The Morgan fingerprint density at radius 3 is 2.13 bits per heavy atom. The Kier molecular flexibility index (Phi) is 18.6. The van der Waals surface area contributed by atoms with Crippen LogP contribution in [0, 0.1) is 0 Å². The lowest BCUT2D eigenvalue weighted by Crippen LogP contribution is -2.51. The molecular formula is C42H62ClN9O8. The van der Waals surface area contributed by atoms with Gasteiger partial charge in [0.05, 0.1) is 95.5 Å². The number of morpholine rings is 1. The first-order valence-corrected chi connectivity index (χ1v) is 21.5. The van der Waals surface area contributed by atoms with Crippen molar-refractivity contribution in [3.8, 4) is 22.8 Å². The molecule has 4 heterocycles. The molecule has 1 saturated carbocycles. The highest BCUT2D eigenvalue weighted by Gasteiger charge is 2.32. The summed E-state index contributed by atoms with van der Waals surface area (Å²) in [6, 6.07) is 6.46. The van der Waals surface area contributed by atoms with Crippen molar-refractivity contribution in [3.63, 3.8) is 0 Å². The number of benzene rings is 1. The van der Waals surface area contributed by atoms with Gasteiger partial charge in [-0.15, -0.1) is 5.10 Å². The Labute approximate surface area is 358 Å². The molecule has 0 spiro atoms. The number of aromatic nitrogens is 7. The number of nitrogens with one attached hydrogen (secondary N) is 1. The largest absolute Gasteiger partial charge is 0.487 e. The van der Waals surface area contributed by atoms with E-state index in [1.807, 2.05) is 31.3 Å². The highest BCUT2D eigenvalue weighted by atomic mass is 35.5. The smallest absolute Gasteiger partial charge is 0.256 e. The lowest BCUT2D eigenvalue weighted by Gasteiger charge is -2.42. The van der Waals surface area contributed by atoms with E-state index in [0.717, 1.165) is 49.9 Å². The Hall–Kier alpha value is -3.94. The Morgan fingerprint density at radius 1 is 0.833 bits per heavy atom. The van der Waals surface area contributed by atoms with Crippen LogP contribution in [0.4, 0.5) is 11.6 Å². The van der Waals surface area contributed by atoms with Crippen molar-refractivity contribution in [1.29, 1.82) is 0 Å². The standard InChI is InChI=1S/C42H62ClN9O8/c1-31-25-50(26-32(2)59-31)36-7-9-37(10-8-36)52-28-39(41(49-52)58-13-5-12-54-16-17-56-20-21-57-19-18-55-15-14-53-4)48-42-45-23-35(24-46-42)34-6-11-38(43)40(22-34)60-33(3)27-51-30-44-29-47-51/h6,11,22-24,28-33,36-37H,5,7-10,12-21,25-27H2,1-4H3,(H,45,46,48)/t31-,32+,33-,36?,37?/m0/s1. The zero-order valence-electron chi connectivity index (χ0n) is 35.5. The lowest BCUT2D eigenvalue weighted by atomic mass is 9.89. The summed E-state index contributed by atoms with van der Waals surface area (Å²) in [6.07, 6.45) is 14.1. The fraction of sp³-hybridized carbons (Fsp3) is 0.643. The summed E-state index contributed by atoms with van der Waals surface area (Å²) >= 11 is 6.51. The maximum absolute atomic E-state index is 6.51. The molecule has 1 N–H and O–H groups in total. The first-order valence-electron chi connectivity index (χ1n) is 21.1. The number of hydrogen-bond donors (Lipinski definition) is 1. The molecule has 18 heteroatoms. The van der Waals surface area contributed by atoms with Crippen molar-refractivity contribution in [2.75, 3.05) is 91.6 Å². The molecule has 0 amide bonds. The van der Waals surface area contributed by atoms with E-state index >= 15 is 0 Å². The van der Waals surface area contributed by atoms with Gasteiger partial charge in [-0.2, -0.15) is 5.10 Å². The molecule has 3 aromatic heterocycles. The maximum atomic E-state index is 6.51. The molecular weight excluding hydrogens is 794 g/mol. The molecule has 3 atom stereocenters. The van der Waals surface area contributed by atoms with Crippen molar-refractivity contribution in [1.82, 2.24) is 39.4 Å². The normalized spacial score (nSPS) is 20.3. The molecule has 0 radical (unpaired) electrons.